The largest absolute Gasteiger partial charge is 0.310 e. The molecule has 1 unspecified atom stereocenters. The highest BCUT2D eigenvalue weighted by molar-refractivity contribution is 5.86. The second-order valence-electron chi connectivity index (χ2n) is 6.73. The van der Waals surface area contributed by atoms with Crippen LogP contribution < -0.4 is 5.32 Å². The number of benzene rings is 2. The maximum absolute atomic E-state index is 3.82. The fourth-order valence-electron chi connectivity index (χ4n) is 3.89. The highest BCUT2D eigenvalue weighted by Crippen LogP contribution is 2.40. The summed E-state index contributed by atoms with van der Waals surface area (Å²) in [4.78, 5) is 0. The zero-order valence-electron chi connectivity index (χ0n) is 13.4. The molecule has 2 aromatic carbocycles. The molecule has 1 aliphatic carbocycles. The van der Waals surface area contributed by atoms with Gasteiger partial charge in [-0.3, -0.25) is 0 Å². The van der Waals surface area contributed by atoms with Gasteiger partial charge in [-0.25, -0.2) is 0 Å². The van der Waals surface area contributed by atoms with Crippen molar-refractivity contribution in [1.82, 2.24) is 5.32 Å². The third-order valence-corrected chi connectivity index (χ3v) is 5.49. The number of rotatable bonds is 5. The first kappa shape index (κ1) is 14.6. The monoisotopic (exact) mass is 281 g/mol. The minimum Gasteiger partial charge on any atom is -0.310 e. The van der Waals surface area contributed by atoms with Gasteiger partial charge in [0.1, 0.15) is 0 Å². The van der Waals surface area contributed by atoms with Gasteiger partial charge in [0.2, 0.25) is 0 Å². The normalized spacial score (nSPS) is 19.0. The average molecular weight is 281 g/mol. The molecule has 0 radical (unpaired) electrons. The Morgan fingerprint density at radius 2 is 1.76 bits per heavy atom. The molecule has 3 rings (SSSR count). The second-order valence-corrected chi connectivity index (χ2v) is 6.73. The lowest BCUT2D eigenvalue weighted by molar-refractivity contribution is 0.259. The van der Waals surface area contributed by atoms with Crippen LogP contribution in [0.5, 0.6) is 0 Å². The van der Waals surface area contributed by atoms with Gasteiger partial charge in [-0.1, -0.05) is 62.2 Å². The summed E-state index contributed by atoms with van der Waals surface area (Å²) in [7, 11) is 0. The van der Waals surface area contributed by atoms with E-state index < -0.39 is 0 Å². The molecule has 1 fully saturated rings. The molecular formula is C20H27N. The van der Waals surface area contributed by atoms with Gasteiger partial charge < -0.3 is 5.32 Å². The Kier molecular flexibility index (Phi) is 4.30. The summed E-state index contributed by atoms with van der Waals surface area (Å²) in [6, 6.07) is 15.8. The number of hydrogen-bond donors (Lipinski definition) is 1. The molecule has 0 saturated heterocycles. The molecule has 0 spiro atoms. The number of nitrogens with one attached hydrogen (secondary N) is 1. The standard InChI is InChI=1S/C20H27N/c1-3-20(13-6-7-14-20)15-21-16(2)18-12-8-10-17-9-4-5-11-19(17)18/h4-5,8-12,16,21H,3,6-7,13-15H2,1-2H3. The van der Waals surface area contributed by atoms with Crippen molar-refractivity contribution in [1.29, 1.82) is 0 Å². The van der Waals surface area contributed by atoms with Gasteiger partial charge in [0, 0.05) is 12.6 Å². The molecule has 0 heterocycles. The van der Waals surface area contributed by atoms with Gasteiger partial charge in [0.25, 0.3) is 0 Å². The SMILES string of the molecule is CCC1(CNC(C)c2cccc3ccccc23)CCCC1. The summed E-state index contributed by atoms with van der Waals surface area (Å²) in [5, 5.41) is 6.55. The molecule has 1 aliphatic rings. The van der Waals surface area contributed by atoms with Crippen LogP contribution in [0.3, 0.4) is 0 Å². The van der Waals surface area contributed by atoms with Gasteiger partial charge in [-0.15, -0.1) is 0 Å². The van der Waals surface area contributed by atoms with Crippen LogP contribution in [-0.4, -0.2) is 6.54 Å². The van der Waals surface area contributed by atoms with Crippen molar-refractivity contribution in [2.24, 2.45) is 5.41 Å². The van der Waals surface area contributed by atoms with Crippen LogP contribution in [0.15, 0.2) is 42.5 Å². The van der Waals surface area contributed by atoms with Gasteiger partial charge in [0.05, 0.1) is 0 Å². The van der Waals surface area contributed by atoms with Crippen molar-refractivity contribution >= 4 is 10.8 Å². The number of hydrogen-bond acceptors (Lipinski definition) is 1. The van der Waals surface area contributed by atoms with E-state index in [0.717, 1.165) is 6.54 Å². The molecule has 1 nitrogen and oxygen atoms in total. The summed E-state index contributed by atoms with van der Waals surface area (Å²) in [6.07, 6.45) is 6.94. The van der Waals surface area contributed by atoms with Crippen molar-refractivity contribution in [2.45, 2.75) is 52.0 Å². The Hall–Kier alpha value is -1.34. The molecule has 0 aliphatic heterocycles. The number of fused-ring (bicyclic) bond motifs is 1. The van der Waals surface area contributed by atoms with E-state index in [2.05, 4.69) is 61.6 Å². The van der Waals surface area contributed by atoms with Crippen LogP contribution in [0.4, 0.5) is 0 Å². The molecule has 1 N–H and O–H groups in total. The Bertz CT molecular complexity index is 590. The Balaban J connectivity index is 1.76. The first-order valence-electron chi connectivity index (χ1n) is 8.45. The molecule has 21 heavy (non-hydrogen) atoms. The second kappa shape index (κ2) is 6.19. The maximum atomic E-state index is 3.82. The molecule has 112 valence electrons. The van der Waals surface area contributed by atoms with E-state index in [4.69, 9.17) is 0 Å². The molecular weight excluding hydrogens is 254 g/mol. The van der Waals surface area contributed by atoms with Crippen LogP contribution in [0, 0.1) is 5.41 Å². The first-order chi connectivity index (χ1) is 10.2. The Labute approximate surface area is 128 Å². The van der Waals surface area contributed by atoms with Gasteiger partial charge in [-0.05, 0) is 47.9 Å². The van der Waals surface area contributed by atoms with Crippen LogP contribution >= 0.6 is 0 Å². The van der Waals surface area contributed by atoms with Crippen molar-refractivity contribution in [2.75, 3.05) is 6.54 Å². The minimum atomic E-state index is 0.417. The van der Waals surface area contributed by atoms with Crippen LogP contribution in [0.25, 0.3) is 10.8 Å². The third-order valence-electron chi connectivity index (χ3n) is 5.49. The zero-order chi connectivity index (χ0) is 14.7. The molecule has 1 saturated carbocycles. The highest BCUT2D eigenvalue weighted by atomic mass is 14.9. The lowest BCUT2D eigenvalue weighted by Crippen LogP contribution is -2.33. The van der Waals surface area contributed by atoms with E-state index in [9.17, 15) is 0 Å². The predicted octanol–water partition coefficient (Wildman–Crippen LogP) is 5.46. The molecule has 0 amide bonds. The third kappa shape index (κ3) is 2.98. The molecule has 1 heteroatoms. The van der Waals surface area contributed by atoms with E-state index >= 15 is 0 Å². The Morgan fingerprint density at radius 3 is 2.52 bits per heavy atom. The van der Waals surface area contributed by atoms with Crippen molar-refractivity contribution in [3.05, 3.63) is 48.0 Å². The lowest BCUT2D eigenvalue weighted by atomic mass is 9.83. The summed E-state index contributed by atoms with van der Waals surface area (Å²) < 4.78 is 0. The minimum absolute atomic E-state index is 0.417. The Morgan fingerprint density at radius 1 is 1.05 bits per heavy atom. The van der Waals surface area contributed by atoms with Crippen molar-refractivity contribution in [3.63, 3.8) is 0 Å². The van der Waals surface area contributed by atoms with Gasteiger partial charge in [0.15, 0.2) is 0 Å². The lowest BCUT2D eigenvalue weighted by Gasteiger charge is -2.30. The van der Waals surface area contributed by atoms with Crippen molar-refractivity contribution < 1.29 is 0 Å². The quantitative estimate of drug-likeness (QED) is 0.767. The summed E-state index contributed by atoms with van der Waals surface area (Å²) in [6.45, 7) is 5.82. The molecule has 0 aromatic heterocycles. The summed E-state index contributed by atoms with van der Waals surface area (Å²) in [5.74, 6) is 0. The fraction of sp³-hybridized carbons (Fsp3) is 0.500. The topological polar surface area (TPSA) is 12.0 Å². The predicted molar refractivity (Wildman–Crippen MR) is 91.6 cm³/mol. The molecule has 2 aromatic rings. The molecule has 1 atom stereocenters. The van der Waals surface area contributed by atoms with Gasteiger partial charge in [-0.2, -0.15) is 0 Å². The summed E-state index contributed by atoms with van der Waals surface area (Å²) >= 11 is 0. The fourth-order valence-corrected chi connectivity index (χ4v) is 3.89. The molecule has 0 bridgehead atoms. The maximum Gasteiger partial charge on any atom is 0.0298 e. The van der Waals surface area contributed by atoms with E-state index in [1.165, 1.54) is 48.4 Å². The average Bonchev–Trinajstić information content (AvgIpc) is 3.01. The first-order valence-corrected chi connectivity index (χ1v) is 8.45. The highest BCUT2D eigenvalue weighted by Gasteiger charge is 2.31. The van der Waals surface area contributed by atoms with Crippen LogP contribution in [0.1, 0.15) is 57.6 Å². The van der Waals surface area contributed by atoms with E-state index in [1.807, 2.05) is 0 Å². The smallest absolute Gasteiger partial charge is 0.0298 e. The van der Waals surface area contributed by atoms with E-state index in [-0.39, 0.29) is 0 Å². The van der Waals surface area contributed by atoms with Gasteiger partial charge >= 0.3 is 0 Å². The van der Waals surface area contributed by atoms with Crippen molar-refractivity contribution in [3.8, 4) is 0 Å². The van der Waals surface area contributed by atoms with Crippen LogP contribution in [-0.2, 0) is 0 Å². The van der Waals surface area contributed by atoms with E-state index in [0.29, 0.717) is 11.5 Å². The zero-order valence-corrected chi connectivity index (χ0v) is 13.4. The summed E-state index contributed by atoms with van der Waals surface area (Å²) in [5.41, 5.74) is 1.98. The van der Waals surface area contributed by atoms with Crippen LogP contribution in [0.2, 0.25) is 0 Å². The van der Waals surface area contributed by atoms with E-state index in [1.54, 1.807) is 0 Å².